The number of aromatic nitrogens is 2. The number of hydrogen-bond donors (Lipinski definition) is 2. The number of hydrogen-bond acceptors (Lipinski definition) is 2. The van der Waals surface area contributed by atoms with Crippen molar-refractivity contribution in [2.45, 2.75) is 37.8 Å². The fourth-order valence-electron chi connectivity index (χ4n) is 1.98. The topological polar surface area (TPSA) is 58.0 Å². The van der Waals surface area contributed by atoms with Crippen molar-refractivity contribution < 1.29 is 5.11 Å². The predicted molar refractivity (Wildman–Crippen MR) is 48.5 cm³/mol. The van der Waals surface area contributed by atoms with E-state index in [1.165, 1.54) is 4.57 Å². The molecule has 72 valence electrons. The summed E-state index contributed by atoms with van der Waals surface area (Å²) in [6.45, 7) is 0.426. The first-order valence-corrected chi connectivity index (χ1v) is 4.66. The molecule has 1 aromatic heterocycles. The zero-order valence-corrected chi connectivity index (χ0v) is 7.49. The highest BCUT2D eigenvalue weighted by atomic mass is 16.3. The summed E-state index contributed by atoms with van der Waals surface area (Å²) in [5.74, 6) is 0. The second-order valence-electron chi connectivity index (χ2n) is 3.82. The lowest BCUT2D eigenvalue weighted by atomic mass is 10.0. The molecule has 2 N–H and O–H groups in total. The van der Waals surface area contributed by atoms with Crippen LogP contribution in [0.1, 0.15) is 25.7 Å². The van der Waals surface area contributed by atoms with E-state index in [4.69, 9.17) is 0 Å². The van der Waals surface area contributed by atoms with E-state index in [-0.39, 0.29) is 5.69 Å². The van der Waals surface area contributed by atoms with Crippen LogP contribution in [0, 0.1) is 0 Å². The van der Waals surface area contributed by atoms with Crippen LogP contribution >= 0.6 is 0 Å². The molecule has 1 saturated carbocycles. The average molecular weight is 182 g/mol. The Balaban J connectivity index is 2.13. The molecule has 0 aromatic carbocycles. The Kier molecular flexibility index (Phi) is 2.00. The summed E-state index contributed by atoms with van der Waals surface area (Å²) in [4.78, 5) is 13.7. The van der Waals surface area contributed by atoms with Gasteiger partial charge >= 0.3 is 5.69 Å². The summed E-state index contributed by atoms with van der Waals surface area (Å²) >= 11 is 0. The molecule has 2 rings (SSSR count). The first-order valence-electron chi connectivity index (χ1n) is 4.66. The number of aromatic amines is 1. The largest absolute Gasteiger partial charge is 0.388 e. The molecule has 1 aliphatic rings. The highest BCUT2D eigenvalue weighted by Gasteiger charge is 2.31. The van der Waals surface area contributed by atoms with Gasteiger partial charge in [0.15, 0.2) is 0 Å². The molecule has 0 aliphatic heterocycles. The lowest BCUT2D eigenvalue weighted by Gasteiger charge is -2.21. The van der Waals surface area contributed by atoms with Crippen LogP contribution in [-0.2, 0) is 6.54 Å². The van der Waals surface area contributed by atoms with Gasteiger partial charge in [-0.1, -0.05) is 12.8 Å². The van der Waals surface area contributed by atoms with Crippen LogP contribution in [0.25, 0.3) is 0 Å². The van der Waals surface area contributed by atoms with Gasteiger partial charge in [-0.3, -0.25) is 4.57 Å². The molecule has 0 atom stereocenters. The van der Waals surface area contributed by atoms with Gasteiger partial charge in [-0.25, -0.2) is 4.79 Å². The molecule has 1 fully saturated rings. The molecule has 4 nitrogen and oxygen atoms in total. The van der Waals surface area contributed by atoms with Crippen molar-refractivity contribution in [2.24, 2.45) is 0 Å². The fraction of sp³-hybridized carbons (Fsp3) is 0.667. The minimum Gasteiger partial charge on any atom is -0.388 e. The third kappa shape index (κ3) is 1.67. The van der Waals surface area contributed by atoms with Crippen molar-refractivity contribution in [3.05, 3.63) is 22.9 Å². The number of imidazole rings is 1. The van der Waals surface area contributed by atoms with Gasteiger partial charge < -0.3 is 10.1 Å². The zero-order valence-electron chi connectivity index (χ0n) is 7.49. The van der Waals surface area contributed by atoms with Crippen molar-refractivity contribution in [1.29, 1.82) is 0 Å². The van der Waals surface area contributed by atoms with Crippen LogP contribution in [0.15, 0.2) is 17.2 Å². The number of H-pyrrole nitrogens is 1. The van der Waals surface area contributed by atoms with Gasteiger partial charge in [0, 0.05) is 12.4 Å². The number of rotatable bonds is 2. The Morgan fingerprint density at radius 3 is 2.77 bits per heavy atom. The first-order chi connectivity index (χ1) is 6.20. The second kappa shape index (κ2) is 3.03. The number of nitrogens with zero attached hydrogens (tertiary/aromatic N) is 1. The maximum absolute atomic E-state index is 11.1. The third-order valence-corrected chi connectivity index (χ3v) is 2.72. The maximum atomic E-state index is 11.1. The van der Waals surface area contributed by atoms with Gasteiger partial charge in [0.05, 0.1) is 12.1 Å². The molecule has 0 saturated heterocycles. The Morgan fingerprint density at radius 1 is 1.54 bits per heavy atom. The molecular formula is C9H14N2O2. The Labute approximate surface area is 76.2 Å². The van der Waals surface area contributed by atoms with Crippen LogP contribution in [-0.4, -0.2) is 20.3 Å². The number of aliphatic hydroxyl groups is 1. The third-order valence-electron chi connectivity index (χ3n) is 2.72. The molecule has 0 unspecified atom stereocenters. The van der Waals surface area contributed by atoms with E-state index in [9.17, 15) is 9.90 Å². The monoisotopic (exact) mass is 182 g/mol. The normalized spacial score (nSPS) is 20.7. The summed E-state index contributed by atoms with van der Waals surface area (Å²) in [5, 5.41) is 10.0. The molecule has 1 aliphatic carbocycles. The molecule has 13 heavy (non-hydrogen) atoms. The highest BCUT2D eigenvalue weighted by Crippen LogP contribution is 2.30. The van der Waals surface area contributed by atoms with Crippen LogP contribution < -0.4 is 5.69 Å². The predicted octanol–water partition coefficient (Wildman–Crippen LogP) is 0.481. The van der Waals surface area contributed by atoms with Gasteiger partial charge in [-0.15, -0.1) is 0 Å². The van der Waals surface area contributed by atoms with E-state index >= 15 is 0 Å². The Hall–Kier alpha value is -1.03. The maximum Gasteiger partial charge on any atom is 0.325 e. The van der Waals surface area contributed by atoms with E-state index in [0.717, 1.165) is 25.7 Å². The minimum atomic E-state index is -0.647. The van der Waals surface area contributed by atoms with E-state index in [2.05, 4.69) is 4.98 Å². The van der Waals surface area contributed by atoms with Gasteiger partial charge in [-0.05, 0) is 12.8 Å². The summed E-state index contributed by atoms with van der Waals surface area (Å²) in [6, 6.07) is 0. The fourth-order valence-corrected chi connectivity index (χ4v) is 1.98. The highest BCUT2D eigenvalue weighted by molar-refractivity contribution is 4.87. The second-order valence-corrected chi connectivity index (χ2v) is 3.82. The molecule has 4 heteroatoms. The summed E-state index contributed by atoms with van der Waals surface area (Å²) in [7, 11) is 0. The standard InChI is InChI=1S/C9H14N2O2/c12-8-10-5-6-11(8)7-9(13)3-1-2-4-9/h5-6,13H,1-4,7H2,(H,10,12). The van der Waals surface area contributed by atoms with Crippen molar-refractivity contribution >= 4 is 0 Å². The SMILES string of the molecule is O=c1[nH]ccn1CC1(O)CCCC1. The van der Waals surface area contributed by atoms with Gasteiger partial charge in [0.25, 0.3) is 0 Å². The summed E-state index contributed by atoms with van der Waals surface area (Å²) < 4.78 is 1.53. The first kappa shape index (κ1) is 8.56. The van der Waals surface area contributed by atoms with Gasteiger partial charge in [0.2, 0.25) is 0 Å². The Bertz CT molecular complexity index is 333. The van der Waals surface area contributed by atoms with Crippen LogP contribution in [0.5, 0.6) is 0 Å². The van der Waals surface area contributed by atoms with Crippen molar-refractivity contribution in [1.82, 2.24) is 9.55 Å². The smallest absolute Gasteiger partial charge is 0.325 e. The number of nitrogens with one attached hydrogen (secondary N) is 1. The lowest BCUT2D eigenvalue weighted by molar-refractivity contribution is 0.0290. The van der Waals surface area contributed by atoms with E-state index in [0.29, 0.717) is 6.54 Å². The van der Waals surface area contributed by atoms with E-state index < -0.39 is 5.60 Å². The molecule has 1 aromatic rings. The van der Waals surface area contributed by atoms with E-state index in [1.54, 1.807) is 12.4 Å². The quantitative estimate of drug-likeness (QED) is 0.699. The van der Waals surface area contributed by atoms with Crippen LogP contribution in [0.2, 0.25) is 0 Å². The van der Waals surface area contributed by atoms with Crippen LogP contribution in [0.3, 0.4) is 0 Å². The molecule has 0 radical (unpaired) electrons. The molecule has 0 bridgehead atoms. The van der Waals surface area contributed by atoms with Crippen molar-refractivity contribution in [3.63, 3.8) is 0 Å². The zero-order chi connectivity index (χ0) is 9.31. The Morgan fingerprint density at radius 2 is 2.23 bits per heavy atom. The minimum absolute atomic E-state index is 0.139. The summed E-state index contributed by atoms with van der Waals surface area (Å²) in [5.41, 5.74) is -0.785. The van der Waals surface area contributed by atoms with Crippen molar-refractivity contribution in [2.75, 3.05) is 0 Å². The van der Waals surface area contributed by atoms with Crippen LogP contribution in [0.4, 0.5) is 0 Å². The average Bonchev–Trinajstić information content (AvgIpc) is 2.64. The summed E-state index contributed by atoms with van der Waals surface area (Å²) in [6.07, 6.45) is 7.03. The van der Waals surface area contributed by atoms with Gasteiger partial charge in [-0.2, -0.15) is 0 Å². The molecular weight excluding hydrogens is 168 g/mol. The van der Waals surface area contributed by atoms with E-state index in [1.807, 2.05) is 0 Å². The lowest BCUT2D eigenvalue weighted by Crippen LogP contribution is -2.34. The molecule has 1 heterocycles. The molecule has 0 amide bonds. The van der Waals surface area contributed by atoms with Gasteiger partial charge in [0.1, 0.15) is 0 Å². The van der Waals surface area contributed by atoms with Crippen molar-refractivity contribution in [3.8, 4) is 0 Å². The molecule has 0 spiro atoms.